The topological polar surface area (TPSA) is 68.1 Å². The van der Waals surface area contributed by atoms with Crippen molar-refractivity contribution >= 4 is 11.5 Å². The molecule has 0 aromatic carbocycles. The molecule has 5 heteroatoms. The fraction of sp³-hybridized carbons (Fsp3) is 0.545. The van der Waals surface area contributed by atoms with Crippen LogP contribution in [-0.2, 0) is 0 Å². The molecule has 0 atom stereocenters. The monoisotopic (exact) mass is 221 g/mol. The first-order valence-corrected chi connectivity index (χ1v) is 5.48. The van der Waals surface area contributed by atoms with Gasteiger partial charge >= 0.3 is 5.82 Å². The summed E-state index contributed by atoms with van der Waals surface area (Å²) in [6.07, 6.45) is 6.30. The van der Waals surface area contributed by atoms with Gasteiger partial charge in [0.05, 0.1) is 5.69 Å². The average Bonchev–Trinajstić information content (AvgIpc) is 2.65. The minimum atomic E-state index is -0.485. The standard InChI is InChI=1S/C11H15N3O2/c1-11(6-2-3-7-11)13-9-4-5-10(12-8-9)14(15)16/h4-5,8,13H,2-3,6-7H2,1H3. The fourth-order valence-electron chi connectivity index (χ4n) is 2.20. The molecular weight excluding hydrogens is 206 g/mol. The van der Waals surface area contributed by atoms with Gasteiger partial charge < -0.3 is 15.4 Å². The van der Waals surface area contributed by atoms with Crippen molar-refractivity contribution in [2.75, 3.05) is 5.32 Å². The highest BCUT2D eigenvalue weighted by Crippen LogP contribution is 2.32. The highest BCUT2D eigenvalue weighted by Gasteiger charge is 2.28. The van der Waals surface area contributed by atoms with E-state index in [0.29, 0.717) is 0 Å². The first kappa shape index (κ1) is 10.9. The molecule has 2 rings (SSSR count). The van der Waals surface area contributed by atoms with Gasteiger partial charge in [0.2, 0.25) is 0 Å². The summed E-state index contributed by atoms with van der Waals surface area (Å²) in [5.41, 5.74) is 0.979. The van der Waals surface area contributed by atoms with E-state index in [4.69, 9.17) is 0 Å². The van der Waals surface area contributed by atoms with E-state index >= 15 is 0 Å². The molecule has 86 valence electrons. The molecule has 0 amide bonds. The Morgan fingerprint density at radius 3 is 2.62 bits per heavy atom. The van der Waals surface area contributed by atoms with Gasteiger partial charge in [-0.15, -0.1) is 0 Å². The zero-order chi connectivity index (χ0) is 11.6. The van der Waals surface area contributed by atoms with Crippen LogP contribution in [0.25, 0.3) is 0 Å². The molecular formula is C11H15N3O2. The molecule has 16 heavy (non-hydrogen) atoms. The Kier molecular flexibility index (Phi) is 2.77. The molecule has 5 nitrogen and oxygen atoms in total. The molecule has 1 heterocycles. The lowest BCUT2D eigenvalue weighted by molar-refractivity contribution is -0.389. The molecule has 0 spiro atoms. The minimum Gasteiger partial charge on any atom is -0.377 e. The first-order chi connectivity index (χ1) is 7.59. The minimum absolute atomic E-state index is 0.109. The number of nitrogens with zero attached hydrogens (tertiary/aromatic N) is 2. The number of nitro groups is 1. The van der Waals surface area contributed by atoms with Crippen LogP contribution >= 0.6 is 0 Å². The van der Waals surface area contributed by atoms with Crippen molar-refractivity contribution in [3.63, 3.8) is 0 Å². The van der Waals surface area contributed by atoms with Crippen molar-refractivity contribution in [3.05, 3.63) is 28.4 Å². The number of rotatable bonds is 3. The lowest BCUT2D eigenvalue weighted by Gasteiger charge is -2.25. The van der Waals surface area contributed by atoms with Crippen LogP contribution in [-0.4, -0.2) is 15.4 Å². The highest BCUT2D eigenvalue weighted by molar-refractivity contribution is 5.45. The molecule has 1 aliphatic carbocycles. The van der Waals surface area contributed by atoms with Gasteiger partial charge in [-0.05, 0) is 35.7 Å². The van der Waals surface area contributed by atoms with Gasteiger partial charge in [-0.25, -0.2) is 0 Å². The van der Waals surface area contributed by atoms with Crippen molar-refractivity contribution in [3.8, 4) is 0 Å². The van der Waals surface area contributed by atoms with Gasteiger partial charge in [0.25, 0.3) is 0 Å². The van der Waals surface area contributed by atoms with Crippen LogP contribution in [0, 0.1) is 10.1 Å². The quantitative estimate of drug-likeness (QED) is 0.629. The molecule has 0 saturated heterocycles. The van der Waals surface area contributed by atoms with E-state index in [9.17, 15) is 10.1 Å². The zero-order valence-corrected chi connectivity index (χ0v) is 9.27. The molecule has 0 aliphatic heterocycles. The second-order valence-electron chi connectivity index (χ2n) is 4.55. The maximum atomic E-state index is 10.4. The molecule has 1 aliphatic rings. The van der Waals surface area contributed by atoms with E-state index < -0.39 is 4.92 Å². The number of hydrogen-bond acceptors (Lipinski definition) is 4. The van der Waals surface area contributed by atoms with E-state index in [-0.39, 0.29) is 11.4 Å². The Balaban J connectivity index is 2.07. The van der Waals surface area contributed by atoms with Crippen LogP contribution in [0.3, 0.4) is 0 Å². The lowest BCUT2D eigenvalue weighted by atomic mass is 10.0. The van der Waals surface area contributed by atoms with E-state index in [1.165, 1.54) is 25.1 Å². The Bertz CT molecular complexity index is 383. The van der Waals surface area contributed by atoms with Gasteiger partial charge in [0.1, 0.15) is 0 Å². The average molecular weight is 221 g/mol. The summed E-state index contributed by atoms with van der Waals surface area (Å²) in [6.45, 7) is 2.18. The molecule has 1 saturated carbocycles. The summed E-state index contributed by atoms with van der Waals surface area (Å²) in [5.74, 6) is -0.109. The van der Waals surface area contributed by atoms with E-state index in [2.05, 4.69) is 17.2 Å². The Morgan fingerprint density at radius 2 is 2.12 bits per heavy atom. The summed E-state index contributed by atoms with van der Waals surface area (Å²) in [7, 11) is 0. The predicted molar refractivity (Wildman–Crippen MR) is 61.4 cm³/mol. The molecule has 0 radical (unpaired) electrons. The van der Waals surface area contributed by atoms with E-state index in [1.807, 2.05) is 0 Å². The fourth-order valence-corrected chi connectivity index (χ4v) is 2.20. The molecule has 1 fully saturated rings. The van der Waals surface area contributed by atoms with E-state index in [0.717, 1.165) is 18.5 Å². The van der Waals surface area contributed by atoms with Gasteiger partial charge in [0.15, 0.2) is 6.20 Å². The third kappa shape index (κ3) is 2.29. The summed E-state index contributed by atoms with van der Waals surface area (Å²) in [4.78, 5) is 13.7. The Labute approximate surface area is 94.0 Å². The number of anilines is 1. The van der Waals surface area contributed by atoms with Crippen LogP contribution < -0.4 is 5.32 Å². The third-order valence-corrected chi connectivity index (χ3v) is 3.09. The van der Waals surface area contributed by atoms with Crippen molar-refractivity contribution < 1.29 is 4.92 Å². The Hall–Kier alpha value is -1.65. The van der Waals surface area contributed by atoms with Gasteiger partial charge in [-0.3, -0.25) is 0 Å². The summed E-state index contributed by atoms with van der Waals surface area (Å²) < 4.78 is 0. The SMILES string of the molecule is CC1(Nc2ccc([N+](=O)[O-])nc2)CCCC1. The lowest BCUT2D eigenvalue weighted by Crippen LogP contribution is -2.30. The molecule has 0 unspecified atom stereocenters. The number of aromatic nitrogens is 1. The largest absolute Gasteiger partial charge is 0.377 e. The van der Waals surface area contributed by atoms with Crippen molar-refractivity contribution in [2.45, 2.75) is 38.1 Å². The maximum Gasteiger partial charge on any atom is 0.363 e. The summed E-state index contributed by atoms with van der Waals surface area (Å²) in [5, 5.41) is 13.8. The zero-order valence-electron chi connectivity index (χ0n) is 9.27. The maximum absolute atomic E-state index is 10.4. The Morgan fingerprint density at radius 1 is 1.44 bits per heavy atom. The first-order valence-electron chi connectivity index (χ1n) is 5.48. The molecule has 0 bridgehead atoms. The van der Waals surface area contributed by atoms with Crippen LogP contribution in [0.1, 0.15) is 32.6 Å². The third-order valence-electron chi connectivity index (χ3n) is 3.09. The van der Waals surface area contributed by atoms with Crippen LogP contribution in [0.2, 0.25) is 0 Å². The van der Waals surface area contributed by atoms with Crippen molar-refractivity contribution in [1.82, 2.24) is 4.98 Å². The van der Waals surface area contributed by atoms with Crippen LogP contribution in [0.4, 0.5) is 11.5 Å². The smallest absolute Gasteiger partial charge is 0.363 e. The molecule has 1 aromatic heterocycles. The second-order valence-corrected chi connectivity index (χ2v) is 4.55. The summed E-state index contributed by atoms with van der Waals surface area (Å²) in [6, 6.07) is 3.15. The van der Waals surface area contributed by atoms with Gasteiger partial charge in [-0.1, -0.05) is 12.8 Å². The van der Waals surface area contributed by atoms with Gasteiger partial charge in [0, 0.05) is 11.6 Å². The number of nitrogens with one attached hydrogen (secondary N) is 1. The molecule has 1 N–H and O–H groups in total. The number of pyridine rings is 1. The normalized spacial score (nSPS) is 18.3. The number of hydrogen-bond donors (Lipinski definition) is 1. The highest BCUT2D eigenvalue weighted by atomic mass is 16.6. The second kappa shape index (κ2) is 4.08. The van der Waals surface area contributed by atoms with Gasteiger partial charge in [-0.2, -0.15) is 0 Å². The van der Waals surface area contributed by atoms with Crippen LogP contribution in [0.5, 0.6) is 0 Å². The van der Waals surface area contributed by atoms with Crippen molar-refractivity contribution in [1.29, 1.82) is 0 Å². The van der Waals surface area contributed by atoms with E-state index in [1.54, 1.807) is 6.07 Å². The van der Waals surface area contributed by atoms with Crippen molar-refractivity contribution in [2.24, 2.45) is 0 Å². The van der Waals surface area contributed by atoms with Crippen LogP contribution in [0.15, 0.2) is 18.3 Å². The summed E-state index contributed by atoms with van der Waals surface area (Å²) >= 11 is 0. The predicted octanol–water partition coefficient (Wildman–Crippen LogP) is 2.73. The molecule has 1 aromatic rings.